The molecular formula is C19H21ClN2O5S. The minimum atomic E-state index is -3.70. The molecule has 0 bridgehead atoms. The molecule has 0 unspecified atom stereocenters. The van der Waals surface area contributed by atoms with E-state index in [4.69, 9.17) is 21.1 Å². The van der Waals surface area contributed by atoms with Gasteiger partial charge in [-0.1, -0.05) is 17.7 Å². The largest absolute Gasteiger partial charge is 0.486 e. The Hall–Kier alpha value is -2.45. The summed E-state index contributed by atoms with van der Waals surface area (Å²) in [6, 6.07) is 9.95. The van der Waals surface area contributed by atoms with E-state index in [-0.39, 0.29) is 12.3 Å². The second-order valence-corrected chi connectivity index (χ2v) is 8.78. The first-order valence-corrected chi connectivity index (χ1v) is 10.8. The van der Waals surface area contributed by atoms with E-state index in [9.17, 15) is 13.2 Å². The molecule has 1 amide bonds. The number of halogens is 1. The maximum absolute atomic E-state index is 12.6. The lowest BCUT2D eigenvalue weighted by Crippen LogP contribution is -2.39. The van der Waals surface area contributed by atoms with Crippen molar-refractivity contribution in [3.8, 4) is 11.5 Å². The number of rotatable bonds is 6. The van der Waals surface area contributed by atoms with Crippen LogP contribution in [0.25, 0.3) is 0 Å². The summed E-state index contributed by atoms with van der Waals surface area (Å²) < 4.78 is 37.3. The first-order chi connectivity index (χ1) is 13.3. The van der Waals surface area contributed by atoms with E-state index in [1.54, 1.807) is 43.3 Å². The highest BCUT2D eigenvalue weighted by Crippen LogP contribution is 2.35. The molecule has 0 saturated heterocycles. The fourth-order valence-corrected chi connectivity index (χ4v) is 3.99. The molecule has 0 radical (unpaired) electrons. The Morgan fingerprint density at radius 2 is 1.89 bits per heavy atom. The van der Waals surface area contributed by atoms with Gasteiger partial charge in [0.15, 0.2) is 11.5 Å². The first-order valence-electron chi connectivity index (χ1n) is 8.77. The van der Waals surface area contributed by atoms with Gasteiger partial charge in [-0.3, -0.25) is 9.10 Å². The molecule has 9 heteroatoms. The fourth-order valence-electron chi connectivity index (χ4n) is 2.76. The van der Waals surface area contributed by atoms with Gasteiger partial charge in [0.2, 0.25) is 15.9 Å². The smallest absolute Gasteiger partial charge is 0.245 e. The number of benzene rings is 2. The maximum atomic E-state index is 12.6. The summed E-state index contributed by atoms with van der Waals surface area (Å²) in [5.74, 6) is 0.372. The highest BCUT2D eigenvalue weighted by atomic mass is 35.5. The lowest BCUT2D eigenvalue weighted by Gasteiger charge is -2.25. The average molecular weight is 425 g/mol. The van der Waals surface area contributed by atoms with Crippen molar-refractivity contribution >= 4 is 38.9 Å². The summed E-state index contributed by atoms with van der Waals surface area (Å²) in [5.41, 5.74) is 1.58. The Labute approximate surface area is 169 Å². The molecule has 1 N–H and O–H groups in total. The number of amides is 1. The van der Waals surface area contributed by atoms with Crippen molar-refractivity contribution in [1.29, 1.82) is 0 Å². The Balaban J connectivity index is 1.87. The molecule has 3 rings (SSSR count). The third-order valence-corrected chi connectivity index (χ3v) is 6.49. The number of fused-ring (bicyclic) bond motifs is 1. The molecule has 1 aliphatic rings. The number of hydrogen-bond donors (Lipinski definition) is 1. The second-order valence-electron chi connectivity index (χ2n) is 6.20. The zero-order chi connectivity index (χ0) is 20.3. The van der Waals surface area contributed by atoms with Gasteiger partial charge in [-0.15, -0.1) is 0 Å². The lowest BCUT2D eigenvalue weighted by atomic mass is 10.2. The van der Waals surface area contributed by atoms with Gasteiger partial charge in [0.05, 0.1) is 11.4 Å². The molecular weight excluding hydrogens is 404 g/mol. The molecule has 1 heterocycles. The van der Waals surface area contributed by atoms with E-state index in [0.717, 1.165) is 4.31 Å². The molecule has 1 aliphatic heterocycles. The highest BCUT2D eigenvalue weighted by Gasteiger charge is 2.25. The molecule has 7 nitrogen and oxygen atoms in total. The Morgan fingerprint density at radius 1 is 1.18 bits per heavy atom. The van der Waals surface area contributed by atoms with Crippen LogP contribution in [0.3, 0.4) is 0 Å². The fraction of sp³-hybridized carbons (Fsp3) is 0.316. The van der Waals surface area contributed by atoms with Crippen LogP contribution in [0.4, 0.5) is 11.4 Å². The third-order valence-electron chi connectivity index (χ3n) is 4.34. The van der Waals surface area contributed by atoms with Gasteiger partial charge in [0, 0.05) is 16.8 Å². The normalized spacial score (nSPS) is 13.1. The van der Waals surface area contributed by atoms with Crippen LogP contribution in [-0.4, -0.2) is 39.8 Å². The zero-order valence-electron chi connectivity index (χ0n) is 15.6. The van der Waals surface area contributed by atoms with Crippen LogP contribution in [0.1, 0.15) is 12.5 Å². The van der Waals surface area contributed by atoms with Crippen molar-refractivity contribution in [1.82, 2.24) is 0 Å². The molecule has 150 valence electrons. The molecule has 0 aliphatic carbocycles. The SMILES string of the molecule is CCS(=O)(=O)N(CC(=O)Nc1cccc(Cl)c1C)c1ccc2c(c1)OCCO2. The molecule has 2 aromatic carbocycles. The van der Waals surface area contributed by atoms with Crippen molar-refractivity contribution in [2.75, 3.05) is 35.1 Å². The summed E-state index contributed by atoms with van der Waals surface area (Å²) in [7, 11) is -3.70. The Kier molecular flexibility index (Phi) is 6.00. The van der Waals surface area contributed by atoms with Crippen LogP contribution in [0, 0.1) is 6.92 Å². The second kappa shape index (κ2) is 8.28. The van der Waals surface area contributed by atoms with E-state index in [2.05, 4.69) is 5.32 Å². The topological polar surface area (TPSA) is 84.9 Å². The standard InChI is InChI=1S/C19H21ClN2O5S/c1-3-28(24,25)22(14-7-8-17-18(11-14)27-10-9-26-17)12-19(23)21-16-6-4-5-15(20)13(16)2/h4-8,11H,3,9-10,12H2,1-2H3,(H,21,23). The predicted molar refractivity (Wildman–Crippen MR) is 109 cm³/mol. The maximum Gasteiger partial charge on any atom is 0.245 e. The summed E-state index contributed by atoms with van der Waals surface area (Å²) in [6.07, 6.45) is 0. The molecule has 0 fully saturated rings. The minimum absolute atomic E-state index is 0.148. The lowest BCUT2D eigenvalue weighted by molar-refractivity contribution is -0.114. The van der Waals surface area contributed by atoms with Crippen molar-refractivity contribution in [2.45, 2.75) is 13.8 Å². The van der Waals surface area contributed by atoms with Crippen LogP contribution in [-0.2, 0) is 14.8 Å². The predicted octanol–water partition coefficient (Wildman–Crippen LogP) is 3.21. The number of sulfonamides is 1. The van der Waals surface area contributed by atoms with Gasteiger partial charge < -0.3 is 14.8 Å². The number of ether oxygens (including phenoxy) is 2. The van der Waals surface area contributed by atoms with E-state index in [1.807, 2.05) is 0 Å². The van der Waals surface area contributed by atoms with Crippen molar-refractivity contribution in [3.05, 3.63) is 47.0 Å². The highest BCUT2D eigenvalue weighted by molar-refractivity contribution is 7.92. The number of nitrogens with one attached hydrogen (secondary N) is 1. The number of anilines is 2. The number of carbonyl (C=O) groups is 1. The Bertz CT molecular complexity index is 994. The van der Waals surface area contributed by atoms with Gasteiger partial charge in [0.1, 0.15) is 19.8 Å². The zero-order valence-corrected chi connectivity index (χ0v) is 17.1. The molecule has 0 atom stereocenters. The van der Waals surface area contributed by atoms with Crippen molar-refractivity contribution in [2.24, 2.45) is 0 Å². The van der Waals surface area contributed by atoms with E-state index >= 15 is 0 Å². The number of hydrogen-bond acceptors (Lipinski definition) is 5. The molecule has 0 aromatic heterocycles. The van der Waals surface area contributed by atoms with Gasteiger partial charge >= 0.3 is 0 Å². The quantitative estimate of drug-likeness (QED) is 0.769. The first kappa shape index (κ1) is 20.3. The summed E-state index contributed by atoms with van der Waals surface area (Å²) >= 11 is 6.08. The van der Waals surface area contributed by atoms with Crippen molar-refractivity contribution < 1.29 is 22.7 Å². The summed E-state index contributed by atoms with van der Waals surface area (Å²) in [4.78, 5) is 12.6. The van der Waals surface area contributed by atoms with E-state index < -0.39 is 15.9 Å². The Morgan fingerprint density at radius 3 is 2.61 bits per heavy atom. The van der Waals surface area contributed by atoms with Gasteiger partial charge in [0.25, 0.3) is 0 Å². The van der Waals surface area contributed by atoms with Crippen molar-refractivity contribution in [3.63, 3.8) is 0 Å². The summed E-state index contributed by atoms with van der Waals surface area (Å²) in [5, 5.41) is 3.24. The molecule has 0 spiro atoms. The number of carbonyl (C=O) groups excluding carboxylic acids is 1. The van der Waals surface area contributed by atoms with E-state index in [1.165, 1.54) is 6.92 Å². The van der Waals surface area contributed by atoms with Gasteiger partial charge in [-0.05, 0) is 43.7 Å². The van der Waals surface area contributed by atoms with Crippen LogP contribution in [0.5, 0.6) is 11.5 Å². The van der Waals surface area contributed by atoms with Crippen LogP contribution < -0.4 is 19.1 Å². The summed E-state index contributed by atoms with van der Waals surface area (Å²) in [6.45, 7) is 3.75. The monoisotopic (exact) mass is 424 g/mol. The van der Waals surface area contributed by atoms with Crippen LogP contribution >= 0.6 is 11.6 Å². The number of nitrogens with zero attached hydrogens (tertiary/aromatic N) is 1. The van der Waals surface area contributed by atoms with Crippen LogP contribution in [0.15, 0.2) is 36.4 Å². The third kappa shape index (κ3) is 4.34. The van der Waals surface area contributed by atoms with Gasteiger partial charge in [-0.2, -0.15) is 0 Å². The molecule has 0 saturated carbocycles. The molecule has 28 heavy (non-hydrogen) atoms. The van der Waals surface area contributed by atoms with Gasteiger partial charge in [-0.25, -0.2) is 8.42 Å². The van der Waals surface area contributed by atoms with Crippen LogP contribution in [0.2, 0.25) is 5.02 Å². The average Bonchev–Trinajstić information content (AvgIpc) is 2.69. The minimum Gasteiger partial charge on any atom is -0.486 e. The molecule has 2 aromatic rings. The van der Waals surface area contributed by atoms with E-state index in [0.29, 0.717) is 46.7 Å².